The fourth-order valence-corrected chi connectivity index (χ4v) is 5.79. The molecule has 2 aromatic heterocycles. The number of fused-ring (bicyclic) bond motifs is 2. The van der Waals surface area contributed by atoms with Crippen LogP contribution in [-0.4, -0.2) is 84.1 Å². The molecule has 40 heavy (non-hydrogen) atoms. The van der Waals surface area contributed by atoms with E-state index in [-0.39, 0.29) is 34.2 Å². The molecule has 0 N–H and O–H groups in total. The van der Waals surface area contributed by atoms with Crippen LogP contribution in [0.5, 0.6) is 6.01 Å². The van der Waals surface area contributed by atoms with Gasteiger partial charge in [0.05, 0.1) is 17.5 Å². The highest BCUT2D eigenvalue weighted by Crippen LogP contribution is 2.38. The highest BCUT2D eigenvalue weighted by Gasteiger charge is 2.31. The van der Waals surface area contributed by atoms with Crippen LogP contribution in [0, 0.1) is 11.6 Å². The number of nitrogens with zero attached hydrogens (tertiary/aromatic N) is 6. The molecule has 1 atom stereocenters. The van der Waals surface area contributed by atoms with Crippen molar-refractivity contribution < 1.29 is 18.3 Å². The van der Waals surface area contributed by atoms with E-state index in [0.717, 1.165) is 25.1 Å². The summed E-state index contributed by atoms with van der Waals surface area (Å²) in [5.41, 5.74) is 1.49. The van der Waals surface area contributed by atoms with E-state index in [1.807, 2.05) is 23.9 Å². The second kappa shape index (κ2) is 10.3. The molecule has 0 bridgehead atoms. The van der Waals surface area contributed by atoms with Crippen molar-refractivity contribution in [3.8, 4) is 17.3 Å². The number of aromatic nitrogens is 3. The zero-order chi connectivity index (χ0) is 28.1. The van der Waals surface area contributed by atoms with Gasteiger partial charge in [-0.1, -0.05) is 35.9 Å². The number of rotatable bonds is 5. The number of ether oxygens (including phenoxy) is 1. The number of amides is 1. The monoisotopic (exact) mass is 564 g/mol. The average Bonchev–Trinajstić information content (AvgIpc) is 3.44. The Bertz CT molecular complexity index is 1690. The Morgan fingerprint density at radius 3 is 2.75 bits per heavy atom. The summed E-state index contributed by atoms with van der Waals surface area (Å²) in [5.74, 6) is -0.844. The zero-order valence-electron chi connectivity index (χ0n) is 22.3. The van der Waals surface area contributed by atoms with E-state index in [0.29, 0.717) is 40.6 Å². The Morgan fingerprint density at radius 1 is 1.20 bits per heavy atom. The minimum Gasteiger partial charge on any atom is -0.467 e. The zero-order valence-corrected chi connectivity index (χ0v) is 23.0. The van der Waals surface area contributed by atoms with Gasteiger partial charge in [0.25, 0.3) is 0 Å². The van der Waals surface area contributed by atoms with Crippen molar-refractivity contribution in [3.05, 3.63) is 64.8 Å². The average molecular weight is 565 g/mol. The van der Waals surface area contributed by atoms with Gasteiger partial charge in [-0.15, -0.1) is 0 Å². The molecule has 8 nitrogen and oxygen atoms in total. The maximum absolute atomic E-state index is 16.2. The fourth-order valence-electron chi connectivity index (χ4n) is 5.51. The molecule has 4 heterocycles. The molecule has 2 aromatic carbocycles. The van der Waals surface area contributed by atoms with Crippen LogP contribution in [-0.2, 0) is 4.79 Å². The third-order valence-corrected chi connectivity index (χ3v) is 8.02. The smallest absolute Gasteiger partial charge is 0.318 e. The Labute approximate surface area is 234 Å². The van der Waals surface area contributed by atoms with Gasteiger partial charge in [0, 0.05) is 62.5 Å². The van der Waals surface area contributed by atoms with Crippen LogP contribution < -0.4 is 9.64 Å². The first-order valence-electron chi connectivity index (χ1n) is 12.9. The lowest BCUT2D eigenvalue weighted by molar-refractivity contribution is -0.125. The van der Waals surface area contributed by atoms with Crippen molar-refractivity contribution in [2.45, 2.75) is 12.5 Å². The fraction of sp³-hybridized carbons (Fsp3) is 0.310. The summed E-state index contributed by atoms with van der Waals surface area (Å²) in [5, 5.41) is 1.32. The van der Waals surface area contributed by atoms with Gasteiger partial charge in [-0.25, -0.2) is 8.78 Å². The summed E-state index contributed by atoms with van der Waals surface area (Å²) < 4.78 is 35.9. The van der Waals surface area contributed by atoms with Crippen LogP contribution in [0.15, 0.2) is 48.2 Å². The summed E-state index contributed by atoms with van der Waals surface area (Å²) in [6.45, 7) is 2.76. The van der Waals surface area contributed by atoms with E-state index < -0.39 is 11.6 Å². The van der Waals surface area contributed by atoms with E-state index in [1.54, 1.807) is 30.3 Å². The first kappa shape index (κ1) is 26.3. The maximum atomic E-state index is 16.2. The molecule has 2 aliphatic heterocycles. The number of benzene rings is 2. The second-order valence-corrected chi connectivity index (χ2v) is 10.7. The Hall–Kier alpha value is -3.89. The lowest BCUT2D eigenvalue weighted by Crippen LogP contribution is -2.39. The predicted molar refractivity (Wildman–Crippen MR) is 151 cm³/mol. The largest absolute Gasteiger partial charge is 0.467 e. The van der Waals surface area contributed by atoms with Crippen molar-refractivity contribution in [1.29, 1.82) is 0 Å². The number of carbonyl (C=O) groups excluding carboxylic acids is 1. The normalized spacial score (nSPS) is 17.4. The van der Waals surface area contributed by atoms with Gasteiger partial charge in [-0.2, -0.15) is 9.97 Å². The van der Waals surface area contributed by atoms with E-state index in [1.165, 1.54) is 19.4 Å². The minimum absolute atomic E-state index is 0.00263. The van der Waals surface area contributed by atoms with Crippen LogP contribution in [0.1, 0.15) is 6.42 Å². The molecule has 0 spiro atoms. The molecule has 0 radical (unpaired) electrons. The van der Waals surface area contributed by atoms with Crippen LogP contribution in [0.4, 0.5) is 14.6 Å². The molecular formula is C29H27ClF2N6O2. The molecule has 206 valence electrons. The van der Waals surface area contributed by atoms with E-state index in [2.05, 4.69) is 19.9 Å². The Balaban J connectivity index is 1.37. The summed E-state index contributed by atoms with van der Waals surface area (Å²) in [7, 11) is 5.29. The van der Waals surface area contributed by atoms with E-state index in [4.69, 9.17) is 16.3 Å². The van der Waals surface area contributed by atoms with Crippen molar-refractivity contribution in [1.82, 2.24) is 24.8 Å². The van der Waals surface area contributed by atoms with Crippen LogP contribution in [0.2, 0.25) is 5.02 Å². The van der Waals surface area contributed by atoms with Crippen molar-refractivity contribution >= 4 is 45.0 Å². The third kappa shape index (κ3) is 4.50. The molecule has 11 heteroatoms. The molecule has 2 fully saturated rings. The molecular weight excluding hydrogens is 538 g/mol. The minimum atomic E-state index is -0.694. The summed E-state index contributed by atoms with van der Waals surface area (Å²) in [4.78, 5) is 32.0. The van der Waals surface area contributed by atoms with Gasteiger partial charge in [0.15, 0.2) is 5.82 Å². The molecule has 2 saturated heterocycles. The van der Waals surface area contributed by atoms with E-state index in [9.17, 15) is 9.18 Å². The number of methoxy groups -OCH3 is 1. The molecule has 1 amide bonds. The van der Waals surface area contributed by atoms with Gasteiger partial charge < -0.3 is 14.5 Å². The van der Waals surface area contributed by atoms with Gasteiger partial charge in [0.2, 0.25) is 5.91 Å². The van der Waals surface area contributed by atoms with Crippen LogP contribution in [0.3, 0.4) is 0 Å². The van der Waals surface area contributed by atoms with Crippen molar-refractivity contribution in [3.63, 3.8) is 0 Å². The summed E-state index contributed by atoms with van der Waals surface area (Å²) >= 11 is 6.31. The Morgan fingerprint density at radius 2 is 2.00 bits per heavy atom. The molecule has 2 aliphatic rings. The van der Waals surface area contributed by atoms with Crippen molar-refractivity contribution in [2.75, 3.05) is 52.3 Å². The summed E-state index contributed by atoms with van der Waals surface area (Å²) in [6.07, 6.45) is 3.98. The number of carbonyl (C=O) groups is 1. The maximum Gasteiger partial charge on any atom is 0.318 e. The van der Waals surface area contributed by atoms with Crippen molar-refractivity contribution in [2.24, 2.45) is 0 Å². The lowest BCUT2D eigenvalue weighted by atomic mass is 10.0. The molecule has 1 unspecified atom stereocenters. The number of pyridine rings is 1. The number of hydrogen-bond acceptors (Lipinski definition) is 7. The molecule has 0 saturated carbocycles. The summed E-state index contributed by atoms with van der Waals surface area (Å²) in [6, 6.07) is 7.99. The number of halogens is 3. The first-order valence-corrected chi connectivity index (χ1v) is 13.3. The SMILES string of the molecule is COc1nc(N(C)C2CCN(C(=O)C=C3CN(C)C3)C2)c2cnc(-c3cccc4ccc(F)c(Cl)c34)c(F)c2n1. The number of likely N-dealkylation sites (tertiary alicyclic amines) is 2. The quantitative estimate of drug-likeness (QED) is 0.325. The second-order valence-electron chi connectivity index (χ2n) is 10.3. The molecule has 4 aromatic rings. The third-order valence-electron chi connectivity index (χ3n) is 7.65. The molecule has 6 rings (SSSR count). The van der Waals surface area contributed by atoms with Gasteiger partial charge in [-0.05, 0) is 30.5 Å². The van der Waals surface area contributed by atoms with Crippen LogP contribution >= 0.6 is 11.6 Å². The lowest BCUT2D eigenvalue weighted by Gasteiger charge is -2.30. The predicted octanol–water partition coefficient (Wildman–Crippen LogP) is 4.69. The first-order chi connectivity index (χ1) is 19.2. The van der Waals surface area contributed by atoms with Gasteiger partial charge in [-0.3, -0.25) is 14.7 Å². The van der Waals surface area contributed by atoms with Gasteiger partial charge >= 0.3 is 6.01 Å². The number of likely N-dealkylation sites (N-methyl/N-ethyl adjacent to an activating group) is 2. The Kier molecular flexibility index (Phi) is 6.75. The van der Waals surface area contributed by atoms with Gasteiger partial charge in [0.1, 0.15) is 22.8 Å². The highest BCUT2D eigenvalue weighted by molar-refractivity contribution is 6.36. The van der Waals surface area contributed by atoms with E-state index >= 15 is 4.39 Å². The highest BCUT2D eigenvalue weighted by atomic mass is 35.5. The van der Waals surface area contributed by atoms with Crippen LogP contribution in [0.25, 0.3) is 32.9 Å². The topological polar surface area (TPSA) is 74.7 Å². The number of hydrogen-bond donors (Lipinski definition) is 0. The molecule has 0 aliphatic carbocycles. The standard InChI is InChI=1S/C29H27ClF2N6O2/c1-36-13-16(14-36)11-22(39)38-10-9-18(15-38)37(2)28-20-12-33-26(25(32)27(20)34-29(35-28)40-3)19-6-4-5-17-7-8-21(31)24(30)23(17)19/h4-8,11-12,18H,9-10,13-15H2,1-3H3. The number of anilines is 1.